The van der Waals surface area contributed by atoms with Gasteiger partial charge in [0, 0.05) is 18.8 Å². The van der Waals surface area contributed by atoms with Crippen molar-refractivity contribution >= 4 is 23.4 Å². The third kappa shape index (κ3) is 3.16. The number of anilines is 1. The maximum absolute atomic E-state index is 12.9. The summed E-state index contributed by atoms with van der Waals surface area (Å²) in [6.45, 7) is 8.68. The largest absolute Gasteiger partial charge is 0.372 e. The molecule has 1 fully saturated rings. The summed E-state index contributed by atoms with van der Waals surface area (Å²) in [4.78, 5) is 16.7. The molecule has 2 N–H and O–H groups in total. The minimum absolute atomic E-state index is 0.0219. The molecule has 5 heteroatoms. The van der Waals surface area contributed by atoms with E-state index in [0.29, 0.717) is 0 Å². The Balaban J connectivity index is 1.49. The molecule has 4 rings (SSSR count). The number of nitrogens with one attached hydrogen (secondary N) is 2. The van der Waals surface area contributed by atoms with Gasteiger partial charge < -0.3 is 10.2 Å². The van der Waals surface area contributed by atoms with Crippen LogP contribution in [0.2, 0.25) is 0 Å². The summed E-state index contributed by atoms with van der Waals surface area (Å²) in [5.41, 5.74) is 3.77. The number of amides is 1. The van der Waals surface area contributed by atoms with Gasteiger partial charge >= 0.3 is 0 Å². The van der Waals surface area contributed by atoms with Crippen molar-refractivity contribution in [3.63, 3.8) is 0 Å². The quantitative estimate of drug-likeness (QED) is 0.839. The van der Waals surface area contributed by atoms with Crippen LogP contribution in [0.4, 0.5) is 5.69 Å². The van der Waals surface area contributed by atoms with Gasteiger partial charge in [0.05, 0.1) is 11.3 Å². The van der Waals surface area contributed by atoms with E-state index in [1.165, 1.54) is 22.6 Å². The molecule has 0 saturated carbocycles. The minimum atomic E-state index is -0.0965. The predicted octanol–water partition coefficient (Wildman–Crippen LogP) is 4.01. The number of rotatable bonds is 4. The lowest BCUT2D eigenvalue weighted by Gasteiger charge is -2.35. The fourth-order valence-corrected chi connectivity index (χ4v) is 6.15. The highest BCUT2D eigenvalue weighted by Gasteiger charge is 2.45. The molecule has 4 unspecified atom stereocenters. The summed E-state index contributed by atoms with van der Waals surface area (Å²) >= 11 is 1.90. The first-order valence-corrected chi connectivity index (χ1v) is 10.8. The van der Waals surface area contributed by atoms with Crippen LogP contribution >= 0.6 is 11.8 Å². The molecule has 0 spiro atoms. The van der Waals surface area contributed by atoms with Crippen molar-refractivity contribution in [3.05, 3.63) is 40.3 Å². The van der Waals surface area contributed by atoms with Crippen LogP contribution in [0, 0.1) is 11.8 Å². The van der Waals surface area contributed by atoms with Gasteiger partial charge in [0.1, 0.15) is 6.17 Å². The van der Waals surface area contributed by atoms with Gasteiger partial charge in [-0.3, -0.25) is 10.1 Å². The average molecular weight is 372 g/mol. The van der Waals surface area contributed by atoms with Crippen LogP contribution in [0.15, 0.2) is 34.7 Å². The molecule has 26 heavy (non-hydrogen) atoms. The monoisotopic (exact) mass is 371 g/mol. The molecule has 140 valence electrons. The third-order valence-electron chi connectivity index (χ3n) is 6.00. The van der Waals surface area contributed by atoms with Crippen molar-refractivity contribution in [1.29, 1.82) is 0 Å². The van der Waals surface area contributed by atoms with Gasteiger partial charge in [0.25, 0.3) is 0 Å². The Morgan fingerprint density at radius 1 is 1.19 bits per heavy atom. The standard InChI is InChI=1S/C21H29N3OS/c1-4-24(5-2)15-9-7-14(8-10-15)19-22-20(25)18-16-11-6-13(3)12-17(16)26-21(18)23-19/h7-10,13,18-19,21,23H,4-6,11-12H2,1-3H3,(H,22,25). The maximum atomic E-state index is 12.9. The Hall–Kier alpha value is -1.46. The van der Waals surface area contributed by atoms with Crippen LogP contribution in [0.5, 0.6) is 0 Å². The van der Waals surface area contributed by atoms with E-state index >= 15 is 0 Å². The molecule has 4 nitrogen and oxygen atoms in total. The van der Waals surface area contributed by atoms with E-state index < -0.39 is 0 Å². The average Bonchev–Trinajstić information content (AvgIpc) is 3.01. The van der Waals surface area contributed by atoms with Crippen molar-refractivity contribution in [2.24, 2.45) is 11.8 Å². The second kappa shape index (κ2) is 7.28. The molecule has 1 saturated heterocycles. The van der Waals surface area contributed by atoms with Crippen molar-refractivity contribution in [2.75, 3.05) is 18.0 Å². The van der Waals surface area contributed by atoms with E-state index in [-0.39, 0.29) is 23.4 Å². The van der Waals surface area contributed by atoms with Gasteiger partial charge in [-0.25, -0.2) is 0 Å². The van der Waals surface area contributed by atoms with Crippen molar-refractivity contribution < 1.29 is 4.79 Å². The zero-order valence-corrected chi connectivity index (χ0v) is 16.7. The first-order chi connectivity index (χ1) is 12.6. The molecule has 0 bridgehead atoms. The summed E-state index contributed by atoms with van der Waals surface area (Å²) in [5, 5.41) is 7.09. The van der Waals surface area contributed by atoms with Crippen LogP contribution in [-0.2, 0) is 4.79 Å². The number of allylic oxidation sites excluding steroid dienone is 1. The molecule has 1 aliphatic carbocycles. The van der Waals surface area contributed by atoms with Gasteiger partial charge in [-0.1, -0.05) is 19.1 Å². The lowest BCUT2D eigenvalue weighted by Crippen LogP contribution is -2.54. The second-order valence-electron chi connectivity index (χ2n) is 7.68. The van der Waals surface area contributed by atoms with Crippen LogP contribution in [0.3, 0.4) is 0 Å². The highest BCUT2D eigenvalue weighted by Crippen LogP contribution is 2.50. The van der Waals surface area contributed by atoms with Crippen molar-refractivity contribution in [1.82, 2.24) is 10.6 Å². The fraction of sp³-hybridized carbons (Fsp3) is 0.571. The molecule has 2 aliphatic heterocycles. The summed E-state index contributed by atoms with van der Waals surface area (Å²) in [7, 11) is 0. The zero-order chi connectivity index (χ0) is 18.3. The molecule has 4 atom stereocenters. The predicted molar refractivity (Wildman–Crippen MR) is 109 cm³/mol. The number of carbonyl (C=O) groups excluding carboxylic acids is 1. The van der Waals surface area contributed by atoms with E-state index in [1.807, 2.05) is 11.8 Å². The van der Waals surface area contributed by atoms with E-state index in [0.717, 1.165) is 37.4 Å². The van der Waals surface area contributed by atoms with Gasteiger partial charge in [-0.15, -0.1) is 11.8 Å². The van der Waals surface area contributed by atoms with Crippen LogP contribution < -0.4 is 15.5 Å². The Labute approximate surface area is 160 Å². The molecule has 2 heterocycles. The Morgan fingerprint density at radius 3 is 2.62 bits per heavy atom. The van der Waals surface area contributed by atoms with Crippen molar-refractivity contribution in [3.8, 4) is 0 Å². The van der Waals surface area contributed by atoms with Gasteiger partial charge in [-0.05, 0) is 67.2 Å². The Morgan fingerprint density at radius 2 is 1.92 bits per heavy atom. The number of thioether (sulfide) groups is 1. The minimum Gasteiger partial charge on any atom is -0.372 e. The lowest BCUT2D eigenvalue weighted by molar-refractivity contribution is -0.127. The molecular formula is C21H29N3OS. The number of nitrogens with zero attached hydrogens (tertiary/aromatic N) is 1. The Kier molecular flexibility index (Phi) is 5.02. The Bertz CT molecular complexity index is 710. The highest BCUT2D eigenvalue weighted by molar-refractivity contribution is 8.04. The summed E-state index contributed by atoms with van der Waals surface area (Å²) in [6, 6.07) is 8.60. The molecule has 1 aromatic rings. The normalized spacial score (nSPS) is 30.7. The smallest absolute Gasteiger partial charge is 0.231 e. The molecule has 0 aromatic heterocycles. The maximum Gasteiger partial charge on any atom is 0.231 e. The summed E-state index contributed by atoms with van der Waals surface area (Å²) < 4.78 is 0. The SMILES string of the molecule is CCN(CC)c1ccc(C2NC(=O)C3C4=C(CC(C)CC4)SC3N2)cc1. The van der Waals surface area contributed by atoms with Crippen LogP contribution in [-0.4, -0.2) is 24.4 Å². The number of benzene rings is 1. The van der Waals surface area contributed by atoms with Crippen LogP contribution in [0.1, 0.15) is 51.8 Å². The number of carbonyl (C=O) groups is 1. The number of hydrogen-bond acceptors (Lipinski definition) is 4. The molecule has 0 radical (unpaired) electrons. The molecule has 1 amide bonds. The van der Waals surface area contributed by atoms with Gasteiger partial charge in [0.2, 0.25) is 5.91 Å². The zero-order valence-electron chi connectivity index (χ0n) is 15.9. The third-order valence-corrected chi connectivity index (χ3v) is 7.38. The number of fused-ring (bicyclic) bond motifs is 2. The van der Waals surface area contributed by atoms with Gasteiger partial charge in [0.15, 0.2) is 0 Å². The van der Waals surface area contributed by atoms with E-state index in [9.17, 15) is 4.79 Å². The second-order valence-corrected chi connectivity index (χ2v) is 8.92. The molecular weight excluding hydrogens is 342 g/mol. The number of hydrogen-bond donors (Lipinski definition) is 2. The summed E-state index contributed by atoms with van der Waals surface area (Å²) in [6.07, 6.45) is 3.35. The van der Waals surface area contributed by atoms with Crippen LogP contribution in [0.25, 0.3) is 0 Å². The summed E-state index contributed by atoms with van der Waals surface area (Å²) in [5.74, 6) is 0.959. The van der Waals surface area contributed by atoms with E-state index in [2.05, 4.69) is 60.6 Å². The fourth-order valence-electron chi connectivity index (χ4n) is 4.46. The topological polar surface area (TPSA) is 44.4 Å². The molecule has 1 aromatic carbocycles. The highest BCUT2D eigenvalue weighted by atomic mass is 32.2. The van der Waals surface area contributed by atoms with Gasteiger partial charge in [-0.2, -0.15) is 0 Å². The first-order valence-electron chi connectivity index (χ1n) is 9.90. The van der Waals surface area contributed by atoms with E-state index in [1.54, 1.807) is 0 Å². The van der Waals surface area contributed by atoms with E-state index in [4.69, 9.17) is 0 Å². The first kappa shape index (κ1) is 17.9. The lowest BCUT2D eigenvalue weighted by atomic mass is 9.83. The van der Waals surface area contributed by atoms with Crippen molar-refractivity contribution in [2.45, 2.75) is 51.6 Å². The molecule has 3 aliphatic rings.